The number of carbonyl (C=O) groups is 1. The molecule has 1 N–H and O–H groups in total. The topological polar surface area (TPSA) is 66.5 Å². The second kappa shape index (κ2) is 5.63. The van der Waals surface area contributed by atoms with Gasteiger partial charge in [-0.15, -0.1) is 0 Å². The largest absolute Gasteiger partial charge is 0.339 e. The van der Waals surface area contributed by atoms with Gasteiger partial charge in [-0.1, -0.05) is 0 Å². The molecule has 0 saturated carbocycles. The maximum absolute atomic E-state index is 11.8. The zero-order valence-corrected chi connectivity index (χ0v) is 10.7. The van der Waals surface area contributed by atoms with E-state index in [1.54, 1.807) is 4.90 Å². The fourth-order valence-corrected chi connectivity index (χ4v) is 2.51. The Labute approximate surface area is 97.1 Å². The van der Waals surface area contributed by atoms with E-state index >= 15 is 0 Å². The number of likely N-dealkylation sites (N-methyl/N-ethyl adjacent to an activating group) is 1. The third-order valence-corrected chi connectivity index (χ3v) is 3.77. The van der Waals surface area contributed by atoms with E-state index in [9.17, 15) is 13.2 Å². The number of carbonyl (C=O) groups excluding carboxylic acids is 1. The van der Waals surface area contributed by atoms with Gasteiger partial charge in [-0.2, -0.15) is 0 Å². The van der Waals surface area contributed by atoms with Gasteiger partial charge in [0.15, 0.2) is 0 Å². The Kier molecular flexibility index (Phi) is 4.73. The molecule has 0 aromatic carbocycles. The van der Waals surface area contributed by atoms with E-state index in [2.05, 4.69) is 5.32 Å². The van der Waals surface area contributed by atoms with Gasteiger partial charge in [0.2, 0.25) is 5.91 Å². The molecule has 0 aliphatic carbocycles. The van der Waals surface area contributed by atoms with Crippen LogP contribution in [0.4, 0.5) is 0 Å². The number of hydrogen-bond acceptors (Lipinski definition) is 4. The molecule has 1 aliphatic rings. The lowest BCUT2D eigenvalue weighted by Crippen LogP contribution is -2.41. The van der Waals surface area contributed by atoms with Gasteiger partial charge in [0.05, 0.1) is 5.75 Å². The van der Waals surface area contributed by atoms with Crippen molar-refractivity contribution in [2.45, 2.75) is 25.8 Å². The number of sulfone groups is 1. The van der Waals surface area contributed by atoms with Crippen LogP contribution in [-0.2, 0) is 14.6 Å². The molecule has 1 rings (SSSR count). The summed E-state index contributed by atoms with van der Waals surface area (Å²) < 4.78 is 22.0. The highest BCUT2D eigenvalue weighted by atomic mass is 32.2. The molecule has 94 valence electrons. The van der Waals surface area contributed by atoms with Crippen LogP contribution >= 0.6 is 0 Å². The van der Waals surface area contributed by atoms with Crippen molar-refractivity contribution in [2.24, 2.45) is 0 Å². The van der Waals surface area contributed by atoms with Gasteiger partial charge in [0.1, 0.15) is 9.84 Å². The van der Waals surface area contributed by atoms with Crippen LogP contribution in [0.15, 0.2) is 0 Å². The summed E-state index contributed by atoms with van der Waals surface area (Å²) in [6.45, 7) is 4.32. The highest BCUT2D eigenvalue weighted by Crippen LogP contribution is 2.10. The first-order chi connectivity index (χ1) is 7.44. The third-order valence-electron chi connectivity index (χ3n) is 2.82. The summed E-state index contributed by atoms with van der Waals surface area (Å²) in [5, 5.41) is 3.20. The molecule has 0 aromatic heterocycles. The third kappa shape index (κ3) is 4.09. The van der Waals surface area contributed by atoms with Crippen LogP contribution in [0.25, 0.3) is 0 Å². The van der Waals surface area contributed by atoms with E-state index in [1.807, 2.05) is 6.92 Å². The Morgan fingerprint density at radius 3 is 2.62 bits per heavy atom. The molecule has 0 spiro atoms. The molecule has 5 nitrogen and oxygen atoms in total. The maximum atomic E-state index is 11.8. The van der Waals surface area contributed by atoms with Crippen molar-refractivity contribution in [1.82, 2.24) is 10.2 Å². The van der Waals surface area contributed by atoms with Gasteiger partial charge in [-0.3, -0.25) is 4.79 Å². The van der Waals surface area contributed by atoms with Crippen LogP contribution in [0.1, 0.15) is 19.8 Å². The Hall–Kier alpha value is -0.620. The molecule has 16 heavy (non-hydrogen) atoms. The van der Waals surface area contributed by atoms with Crippen LogP contribution in [0.2, 0.25) is 0 Å². The minimum Gasteiger partial charge on any atom is -0.339 e. The molecule has 0 bridgehead atoms. The second-order valence-corrected chi connectivity index (χ2v) is 6.47. The molecule has 1 amide bonds. The van der Waals surface area contributed by atoms with Gasteiger partial charge in [0.25, 0.3) is 0 Å². The van der Waals surface area contributed by atoms with Crippen molar-refractivity contribution in [1.29, 1.82) is 0 Å². The van der Waals surface area contributed by atoms with Gasteiger partial charge < -0.3 is 10.2 Å². The Morgan fingerprint density at radius 2 is 2.19 bits per heavy atom. The first kappa shape index (κ1) is 13.4. The summed E-state index contributed by atoms with van der Waals surface area (Å²) in [7, 11) is -3.05. The van der Waals surface area contributed by atoms with Gasteiger partial charge >= 0.3 is 0 Å². The zero-order chi connectivity index (χ0) is 12.2. The molecular weight excluding hydrogens is 228 g/mol. The fraction of sp³-hybridized carbons (Fsp3) is 0.900. The minimum absolute atomic E-state index is 0.0531. The van der Waals surface area contributed by atoms with Crippen LogP contribution in [0.3, 0.4) is 0 Å². The molecule has 1 fully saturated rings. The van der Waals surface area contributed by atoms with E-state index < -0.39 is 9.84 Å². The van der Waals surface area contributed by atoms with Gasteiger partial charge in [-0.25, -0.2) is 8.42 Å². The van der Waals surface area contributed by atoms with Crippen LogP contribution < -0.4 is 5.32 Å². The molecule has 1 heterocycles. The highest BCUT2D eigenvalue weighted by molar-refractivity contribution is 7.90. The van der Waals surface area contributed by atoms with E-state index in [4.69, 9.17) is 0 Å². The van der Waals surface area contributed by atoms with Crippen molar-refractivity contribution in [3.8, 4) is 0 Å². The lowest BCUT2D eigenvalue weighted by Gasteiger charge is -2.27. The molecular formula is C10H20N2O3S. The fourth-order valence-electron chi connectivity index (χ4n) is 1.96. The zero-order valence-electron chi connectivity index (χ0n) is 9.90. The van der Waals surface area contributed by atoms with Gasteiger partial charge in [0, 0.05) is 31.8 Å². The Bertz CT molecular complexity index is 334. The molecule has 1 saturated heterocycles. The second-order valence-electron chi connectivity index (χ2n) is 4.21. The first-order valence-electron chi connectivity index (χ1n) is 5.62. The lowest BCUT2D eigenvalue weighted by molar-refractivity contribution is -0.132. The summed E-state index contributed by atoms with van der Waals surface area (Å²) >= 11 is 0. The minimum atomic E-state index is -3.05. The standard InChI is InChI=1S/C10H20N2O3S/c1-3-12(9-4-6-11-8-9)10(13)5-7-16(2,14)15/h9,11H,3-8H2,1-2H3. The highest BCUT2D eigenvalue weighted by Gasteiger charge is 2.25. The summed E-state index contributed by atoms with van der Waals surface area (Å²) in [5.41, 5.74) is 0. The molecule has 1 unspecified atom stereocenters. The van der Waals surface area contributed by atoms with Crippen molar-refractivity contribution < 1.29 is 13.2 Å². The average molecular weight is 248 g/mol. The van der Waals surface area contributed by atoms with Crippen LogP contribution in [0, 0.1) is 0 Å². The molecule has 0 radical (unpaired) electrons. The summed E-state index contributed by atoms with van der Waals surface area (Å²) in [6, 6.07) is 0.233. The normalized spacial score (nSPS) is 21.0. The number of rotatable bonds is 5. The summed E-state index contributed by atoms with van der Waals surface area (Å²) in [4.78, 5) is 13.6. The van der Waals surface area contributed by atoms with Crippen LogP contribution in [0.5, 0.6) is 0 Å². The maximum Gasteiger partial charge on any atom is 0.223 e. The van der Waals surface area contributed by atoms with Crippen molar-refractivity contribution >= 4 is 15.7 Å². The van der Waals surface area contributed by atoms with Crippen LogP contribution in [-0.4, -0.2) is 56.9 Å². The van der Waals surface area contributed by atoms with Gasteiger partial charge in [-0.05, 0) is 19.9 Å². The number of amides is 1. The Morgan fingerprint density at radius 1 is 1.50 bits per heavy atom. The molecule has 0 aromatic rings. The number of nitrogens with zero attached hydrogens (tertiary/aromatic N) is 1. The SMILES string of the molecule is CCN(C(=O)CCS(C)(=O)=O)C1CCNC1. The molecule has 1 aliphatic heterocycles. The van der Waals surface area contributed by atoms with Crippen molar-refractivity contribution in [3.05, 3.63) is 0 Å². The smallest absolute Gasteiger partial charge is 0.223 e. The van der Waals surface area contributed by atoms with E-state index in [0.29, 0.717) is 6.54 Å². The molecule has 1 atom stereocenters. The lowest BCUT2D eigenvalue weighted by atomic mass is 10.2. The predicted octanol–water partition coefficient (Wildman–Crippen LogP) is -0.368. The van der Waals surface area contributed by atoms with E-state index in [-0.39, 0.29) is 24.1 Å². The summed E-state index contributed by atoms with van der Waals surface area (Å²) in [6.07, 6.45) is 2.22. The first-order valence-corrected chi connectivity index (χ1v) is 7.68. The molecule has 6 heteroatoms. The number of hydrogen-bond donors (Lipinski definition) is 1. The monoisotopic (exact) mass is 248 g/mol. The Balaban J connectivity index is 2.49. The van der Waals surface area contributed by atoms with Crippen molar-refractivity contribution in [2.75, 3.05) is 31.6 Å². The quantitative estimate of drug-likeness (QED) is 0.721. The average Bonchev–Trinajstić information content (AvgIpc) is 2.68. The number of nitrogens with one attached hydrogen (secondary N) is 1. The van der Waals surface area contributed by atoms with Crippen molar-refractivity contribution in [3.63, 3.8) is 0 Å². The predicted molar refractivity (Wildman–Crippen MR) is 63.0 cm³/mol. The summed E-state index contributed by atoms with van der Waals surface area (Å²) in [5.74, 6) is -0.107. The van der Waals surface area contributed by atoms with E-state index in [1.165, 1.54) is 0 Å². The van der Waals surface area contributed by atoms with E-state index in [0.717, 1.165) is 25.8 Å².